The number of hydrogen-bond acceptors (Lipinski definition) is 8. The monoisotopic (exact) mass is 624 g/mol. The van der Waals surface area contributed by atoms with Crippen molar-refractivity contribution in [2.24, 2.45) is 0 Å². The molecule has 240 valence electrons. The van der Waals surface area contributed by atoms with Crippen LogP contribution in [0.15, 0.2) is 0 Å². The molecular formula is C28H56N4O8Ti. The van der Waals surface area contributed by atoms with Crippen LogP contribution in [-0.4, -0.2) is 92.3 Å². The summed E-state index contributed by atoms with van der Waals surface area (Å²) in [5.74, 6) is 0. The fraction of sp³-hybridized carbons (Fsp3) is 0.857. The summed E-state index contributed by atoms with van der Waals surface area (Å²) in [4.78, 5) is 46.8. The first-order valence-electron chi connectivity index (χ1n) is 13.8. The average Bonchev–Trinajstić information content (AvgIpc) is 2.64. The number of hydrogen-bond donors (Lipinski definition) is 0. The van der Waals surface area contributed by atoms with E-state index in [-0.39, 0.29) is 70.1 Å². The molecular weight excluding hydrogens is 568 g/mol. The normalized spacial score (nSPS) is 10.3. The fourth-order valence-electron chi connectivity index (χ4n) is 4.07. The number of nitrogens with zero attached hydrogens (tertiary/aromatic N) is 4. The number of carboxylic acid groups (broad SMARTS) is 4. The molecule has 0 rings (SSSR count). The van der Waals surface area contributed by atoms with Gasteiger partial charge >= 0.3 is 21.7 Å². The number of rotatable bonds is 8. The van der Waals surface area contributed by atoms with Crippen LogP contribution in [0.4, 0.5) is 19.2 Å². The summed E-state index contributed by atoms with van der Waals surface area (Å²) in [7, 11) is 0. The first kappa shape index (κ1) is 48.5. The predicted molar refractivity (Wildman–Crippen MR) is 150 cm³/mol. The van der Waals surface area contributed by atoms with Crippen molar-refractivity contribution in [1.29, 1.82) is 0 Å². The molecule has 0 saturated carbocycles. The Morgan fingerprint density at radius 1 is 0.317 bits per heavy atom. The largest absolute Gasteiger partial charge is 4.00 e. The van der Waals surface area contributed by atoms with Crippen molar-refractivity contribution in [2.75, 3.05) is 0 Å². The summed E-state index contributed by atoms with van der Waals surface area (Å²) in [6, 6.07) is 0.0370. The first-order valence-corrected chi connectivity index (χ1v) is 13.8. The molecule has 0 bridgehead atoms. The Kier molecular flexibility index (Phi) is 28.9. The summed E-state index contributed by atoms with van der Waals surface area (Å²) in [6.45, 7) is 29.3. The zero-order valence-electron chi connectivity index (χ0n) is 28.2. The maximum absolute atomic E-state index is 10.4. The van der Waals surface area contributed by atoms with Crippen LogP contribution in [0, 0.1) is 0 Å². The van der Waals surface area contributed by atoms with Gasteiger partial charge < -0.3 is 59.2 Å². The molecule has 0 unspecified atom stereocenters. The summed E-state index contributed by atoms with van der Waals surface area (Å²) >= 11 is 0. The van der Waals surface area contributed by atoms with Crippen molar-refractivity contribution in [1.82, 2.24) is 19.6 Å². The van der Waals surface area contributed by atoms with E-state index in [9.17, 15) is 39.6 Å². The molecule has 0 heterocycles. The van der Waals surface area contributed by atoms with Crippen LogP contribution in [0.5, 0.6) is 0 Å². The smallest absolute Gasteiger partial charge is 0.530 e. The quantitative estimate of drug-likeness (QED) is 0.368. The third kappa shape index (κ3) is 23.1. The molecule has 0 aliphatic heterocycles. The summed E-state index contributed by atoms with van der Waals surface area (Å²) in [6.07, 6.45) is -4.37. The molecule has 13 heteroatoms. The summed E-state index contributed by atoms with van der Waals surface area (Å²) in [5, 5.41) is 41.6. The van der Waals surface area contributed by atoms with Gasteiger partial charge in [-0.25, -0.2) is 0 Å². The predicted octanol–water partition coefficient (Wildman–Crippen LogP) is 1.79. The van der Waals surface area contributed by atoms with Crippen molar-refractivity contribution >= 4 is 24.4 Å². The van der Waals surface area contributed by atoms with Crippen LogP contribution in [0.2, 0.25) is 0 Å². The van der Waals surface area contributed by atoms with Crippen LogP contribution in [0.1, 0.15) is 111 Å². The van der Waals surface area contributed by atoms with Crippen molar-refractivity contribution in [3.63, 3.8) is 0 Å². The van der Waals surface area contributed by atoms with Crippen LogP contribution >= 0.6 is 0 Å². The van der Waals surface area contributed by atoms with Gasteiger partial charge in [0.1, 0.15) is 24.4 Å². The maximum atomic E-state index is 10.4. The van der Waals surface area contributed by atoms with Gasteiger partial charge in [0.2, 0.25) is 0 Å². The van der Waals surface area contributed by atoms with E-state index >= 15 is 0 Å². The average molecular weight is 625 g/mol. The van der Waals surface area contributed by atoms with Crippen molar-refractivity contribution in [2.45, 2.75) is 159 Å². The van der Waals surface area contributed by atoms with Crippen LogP contribution in [0.25, 0.3) is 0 Å². The third-order valence-electron chi connectivity index (χ3n) is 5.29. The van der Waals surface area contributed by atoms with Gasteiger partial charge in [-0.15, -0.1) is 0 Å². The molecule has 0 saturated heterocycles. The van der Waals surface area contributed by atoms with Gasteiger partial charge in [-0.05, 0) is 111 Å². The Morgan fingerprint density at radius 3 is 0.390 bits per heavy atom. The molecule has 0 fully saturated rings. The second-order valence-corrected chi connectivity index (χ2v) is 11.4. The van der Waals surface area contributed by atoms with E-state index in [2.05, 4.69) is 0 Å². The third-order valence-corrected chi connectivity index (χ3v) is 5.29. The Bertz CT molecular complexity index is 578. The number of carbonyl (C=O) groups is 4. The minimum absolute atomic E-state index is 0. The molecule has 41 heavy (non-hydrogen) atoms. The van der Waals surface area contributed by atoms with Gasteiger partial charge in [0.05, 0.1) is 0 Å². The van der Waals surface area contributed by atoms with E-state index < -0.39 is 24.4 Å². The van der Waals surface area contributed by atoms with Gasteiger partial charge in [-0.3, -0.25) is 0 Å². The molecule has 0 aliphatic rings. The van der Waals surface area contributed by atoms with E-state index in [0.717, 1.165) is 0 Å². The van der Waals surface area contributed by atoms with Gasteiger partial charge in [0, 0.05) is 48.3 Å². The van der Waals surface area contributed by atoms with E-state index in [1.165, 1.54) is 19.6 Å². The SMILES string of the molecule is CC(C)N(C(=O)[O-])C(C)C.CC(C)N(C(=O)[O-])C(C)C.CC(C)N(C(=O)[O-])C(C)C.CC(C)N(C(=O)[O-])C(C)C.[Ti+4]. The zero-order valence-corrected chi connectivity index (χ0v) is 29.7. The second-order valence-electron chi connectivity index (χ2n) is 11.4. The Hall–Kier alpha value is -2.21. The molecule has 12 nitrogen and oxygen atoms in total. The second kappa shape index (κ2) is 24.4. The van der Waals surface area contributed by atoms with E-state index in [4.69, 9.17) is 0 Å². The molecule has 0 aromatic heterocycles. The van der Waals surface area contributed by atoms with Gasteiger partial charge in [-0.2, -0.15) is 0 Å². The maximum Gasteiger partial charge on any atom is 4.00 e. The molecule has 0 atom stereocenters. The van der Waals surface area contributed by atoms with Crippen molar-refractivity contribution < 1.29 is 61.3 Å². The van der Waals surface area contributed by atoms with Gasteiger partial charge in [0.25, 0.3) is 0 Å². The van der Waals surface area contributed by atoms with Crippen LogP contribution < -0.4 is 20.4 Å². The molecule has 4 amide bonds. The Balaban J connectivity index is -0.000000139. The van der Waals surface area contributed by atoms with E-state index in [1.807, 2.05) is 111 Å². The van der Waals surface area contributed by atoms with Crippen LogP contribution in [0.3, 0.4) is 0 Å². The first-order chi connectivity index (χ1) is 17.9. The van der Waals surface area contributed by atoms with Crippen LogP contribution in [-0.2, 0) is 21.7 Å². The summed E-state index contributed by atoms with van der Waals surface area (Å²) < 4.78 is 0. The molecule has 0 radical (unpaired) electrons. The topological polar surface area (TPSA) is 173 Å². The van der Waals surface area contributed by atoms with E-state index in [1.54, 1.807) is 0 Å². The van der Waals surface area contributed by atoms with Gasteiger partial charge in [-0.1, -0.05) is 0 Å². The molecule has 0 aliphatic carbocycles. The van der Waals surface area contributed by atoms with Gasteiger partial charge in [0.15, 0.2) is 0 Å². The number of carbonyl (C=O) groups excluding carboxylic acids is 4. The minimum atomic E-state index is -1.09. The van der Waals surface area contributed by atoms with Crippen molar-refractivity contribution in [3.8, 4) is 0 Å². The molecule has 0 spiro atoms. The molecule has 0 aromatic rings. The van der Waals surface area contributed by atoms with Crippen molar-refractivity contribution in [3.05, 3.63) is 0 Å². The zero-order chi connectivity index (χ0) is 33.2. The summed E-state index contributed by atoms with van der Waals surface area (Å²) in [5.41, 5.74) is 0. The number of amides is 4. The Labute approximate surface area is 263 Å². The standard InChI is InChI=1S/4C7H15NO2.Ti/c4*1-5(2)8(6(3)4)7(9)10;/h4*5-6H,1-4H3,(H,9,10);/q;;;;+4/p-4. The fourth-order valence-corrected chi connectivity index (χ4v) is 4.07. The molecule has 0 aromatic carbocycles. The Morgan fingerprint density at radius 2 is 0.390 bits per heavy atom. The molecule has 0 N–H and O–H groups in total. The van der Waals surface area contributed by atoms with E-state index in [0.29, 0.717) is 0 Å². The minimum Gasteiger partial charge on any atom is -0.530 e.